The Balaban J connectivity index is 1.68. The van der Waals surface area contributed by atoms with Gasteiger partial charge in [0.25, 0.3) is 0 Å². The molecule has 0 spiro atoms. The van der Waals surface area contributed by atoms with E-state index >= 15 is 0 Å². The standard InChI is InChI=1S/C16H26N2O2/c1-12-9-13(20-16(12)10-17-2)11-18-7-8-19-15-6-4-3-5-14(15)18/h9,14-15,17H,3-8,10-11H2,1-2H3. The molecule has 0 bridgehead atoms. The maximum atomic E-state index is 5.99. The van der Waals surface area contributed by atoms with Gasteiger partial charge in [0.1, 0.15) is 11.5 Å². The highest BCUT2D eigenvalue weighted by Gasteiger charge is 2.34. The molecule has 0 radical (unpaired) electrons. The first-order valence-corrected chi connectivity index (χ1v) is 7.86. The molecule has 2 atom stereocenters. The largest absolute Gasteiger partial charge is 0.463 e. The van der Waals surface area contributed by atoms with Crippen LogP contribution in [0.5, 0.6) is 0 Å². The van der Waals surface area contributed by atoms with Gasteiger partial charge in [-0.2, -0.15) is 0 Å². The zero-order valence-electron chi connectivity index (χ0n) is 12.7. The van der Waals surface area contributed by atoms with Gasteiger partial charge in [-0.25, -0.2) is 0 Å². The van der Waals surface area contributed by atoms with Gasteiger partial charge >= 0.3 is 0 Å². The zero-order chi connectivity index (χ0) is 13.9. The summed E-state index contributed by atoms with van der Waals surface area (Å²) in [7, 11) is 1.95. The second-order valence-corrected chi connectivity index (χ2v) is 6.08. The average molecular weight is 278 g/mol. The molecule has 0 amide bonds. The number of nitrogens with one attached hydrogen (secondary N) is 1. The van der Waals surface area contributed by atoms with Crippen LogP contribution in [0, 0.1) is 6.92 Å². The Morgan fingerprint density at radius 2 is 2.20 bits per heavy atom. The number of hydrogen-bond acceptors (Lipinski definition) is 4. The third-order valence-electron chi connectivity index (χ3n) is 4.62. The first-order valence-electron chi connectivity index (χ1n) is 7.86. The quantitative estimate of drug-likeness (QED) is 0.918. The molecule has 0 aromatic carbocycles. The second-order valence-electron chi connectivity index (χ2n) is 6.08. The molecule has 1 aliphatic carbocycles. The van der Waals surface area contributed by atoms with E-state index in [9.17, 15) is 0 Å². The molecule has 112 valence electrons. The van der Waals surface area contributed by atoms with Crippen LogP contribution in [0.4, 0.5) is 0 Å². The van der Waals surface area contributed by atoms with Crippen LogP contribution in [0.25, 0.3) is 0 Å². The minimum atomic E-state index is 0.449. The zero-order valence-corrected chi connectivity index (χ0v) is 12.7. The molecule has 1 saturated heterocycles. The lowest BCUT2D eigenvalue weighted by atomic mass is 9.90. The van der Waals surface area contributed by atoms with E-state index in [1.165, 1.54) is 31.2 Å². The highest BCUT2D eigenvalue weighted by molar-refractivity contribution is 5.20. The van der Waals surface area contributed by atoms with E-state index in [4.69, 9.17) is 9.15 Å². The summed E-state index contributed by atoms with van der Waals surface area (Å²) in [4.78, 5) is 2.56. The molecule has 4 nitrogen and oxygen atoms in total. The van der Waals surface area contributed by atoms with Crippen molar-refractivity contribution in [3.05, 3.63) is 23.2 Å². The number of furan rings is 1. The summed E-state index contributed by atoms with van der Waals surface area (Å²) in [5.74, 6) is 2.16. The summed E-state index contributed by atoms with van der Waals surface area (Å²) in [5.41, 5.74) is 1.25. The number of ether oxygens (including phenoxy) is 1. The van der Waals surface area contributed by atoms with Crippen molar-refractivity contribution < 1.29 is 9.15 Å². The van der Waals surface area contributed by atoms with Gasteiger partial charge in [-0.3, -0.25) is 4.90 Å². The Morgan fingerprint density at radius 3 is 3.05 bits per heavy atom. The molecule has 2 heterocycles. The van der Waals surface area contributed by atoms with E-state index in [1.54, 1.807) is 0 Å². The van der Waals surface area contributed by atoms with Crippen molar-refractivity contribution in [2.24, 2.45) is 0 Å². The van der Waals surface area contributed by atoms with Crippen LogP contribution in [0.15, 0.2) is 10.5 Å². The molecule has 20 heavy (non-hydrogen) atoms. The van der Waals surface area contributed by atoms with Crippen molar-refractivity contribution in [3.63, 3.8) is 0 Å². The Morgan fingerprint density at radius 1 is 1.35 bits per heavy atom. The third-order valence-corrected chi connectivity index (χ3v) is 4.62. The molecule has 2 fully saturated rings. The van der Waals surface area contributed by atoms with Crippen LogP contribution in [0.1, 0.15) is 42.8 Å². The van der Waals surface area contributed by atoms with Gasteiger partial charge in [0.2, 0.25) is 0 Å². The van der Waals surface area contributed by atoms with E-state index in [0.717, 1.165) is 37.8 Å². The SMILES string of the molecule is CNCc1oc(CN2CCOC3CCCCC32)cc1C. The van der Waals surface area contributed by atoms with Crippen LogP contribution < -0.4 is 5.32 Å². The van der Waals surface area contributed by atoms with E-state index in [-0.39, 0.29) is 0 Å². The molecule has 2 aliphatic rings. The molecular weight excluding hydrogens is 252 g/mol. The normalized spacial score (nSPS) is 27.5. The molecule has 1 aromatic heterocycles. The summed E-state index contributed by atoms with van der Waals surface area (Å²) >= 11 is 0. The Labute approximate surface area is 121 Å². The predicted octanol–water partition coefficient (Wildman–Crippen LogP) is 2.45. The lowest BCUT2D eigenvalue weighted by molar-refractivity contribution is -0.0927. The molecule has 1 saturated carbocycles. The van der Waals surface area contributed by atoms with Gasteiger partial charge in [-0.05, 0) is 38.4 Å². The lowest BCUT2D eigenvalue weighted by Crippen LogP contribution is -2.52. The van der Waals surface area contributed by atoms with Crippen LogP contribution in [0.2, 0.25) is 0 Å². The summed E-state index contributed by atoms with van der Waals surface area (Å²) in [6.45, 7) is 5.75. The molecular formula is C16H26N2O2. The maximum absolute atomic E-state index is 5.99. The molecule has 2 unspecified atom stereocenters. The maximum Gasteiger partial charge on any atom is 0.120 e. The smallest absolute Gasteiger partial charge is 0.120 e. The topological polar surface area (TPSA) is 37.6 Å². The summed E-state index contributed by atoms with van der Waals surface area (Å²) in [5, 5.41) is 3.16. The number of morpholine rings is 1. The number of fused-ring (bicyclic) bond motifs is 1. The number of hydrogen-bond donors (Lipinski definition) is 1. The van der Waals surface area contributed by atoms with Crippen LogP contribution >= 0.6 is 0 Å². The molecule has 1 aliphatic heterocycles. The fraction of sp³-hybridized carbons (Fsp3) is 0.750. The Hall–Kier alpha value is -0.840. The van der Waals surface area contributed by atoms with Crippen molar-refractivity contribution in [2.75, 3.05) is 20.2 Å². The monoisotopic (exact) mass is 278 g/mol. The van der Waals surface area contributed by atoms with Gasteiger partial charge in [0, 0.05) is 12.6 Å². The van der Waals surface area contributed by atoms with E-state index < -0.39 is 0 Å². The predicted molar refractivity (Wildman–Crippen MR) is 78.6 cm³/mol. The first-order chi connectivity index (χ1) is 9.78. The number of nitrogens with zero attached hydrogens (tertiary/aromatic N) is 1. The van der Waals surface area contributed by atoms with Crippen molar-refractivity contribution in [2.45, 2.75) is 57.8 Å². The fourth-order valence-corrected chi connectivity index (χ4v) is 3.58. The molecule has 1 N–H and O–H groups in total. The average Bonchev–Trinajstić information content (AvgIpc) is 2.80. The summed E-state index contributed by atoms with van der Waals surface area (Å²) in [6, 6.07) is 2.79. The van der Waals surface area contributed by atoms with E-state index in [1.807, 2.05) is 7.05 Å². The Kier molecular flexibility index (Phi) is 4.44. The molecule has 1 aromatic rings. The van der Waals surface area contributed by atoms with Gasteiger partial charge in [0.15, 0.2) is 0 Å². The van der Waals surface area contributed by atoms with Gasteiger partial charge in [-0.15, -0.1) is 0 Å². The summed E-state index contributed by atoms with van der Waals surface area (Å²) in [6.07, 6.45) is 5.60. The van der Waals surface area contributed by atoms with Crippen molar-refractivity contribution in [1.82, 2.24) is 10.2 Å². The van der Waals surface area contributed by atoms with Gasteiger partial charge in [0.05, 0.1) is 25.8 Å². The van der Waals surface area contributed by atoms with Crippen LogP contribution in [0.3, 0.4) is 0 Å². The van der Waals surface area contributed by atoms with Crippen molar-refractivity contribution >= 4 is 0 Å². The number of aryl methyl sites for hydroxylation is 1. The highest BCUT2D eigenvalue weighted by atomic mass is 16.5. The lowest BCUT2D eigenvalue weighted by Gasteiger charge is -2.43. The minimum absolute atomic E-state index is 0.449. The highest BCUT2D eigenvalue weighted by Crippen LogP contribution is 2.30. The molecule has 3 rings (SSSR count). The first kappa shape index (κ1) is 14.1. The van der Waals surface area contributed by atoms with E-state index in [2.05, 4.69) is 23.2 Å². The van der Waals surface area contributed by atoms with Crippen LogP contribution in [-0.4, -0.2) is 37.2 Å². The number of rotatable bonds is 4. The third kappa shape index (κ3) is 2.92. The van der Waals surface area contributed by atoms with Crippen molar-refractivity contribution in [1.29, 1.82) is 0 Å². The van der Waals surface area contributed by atoms with Gasteiger partial charge < -0.3 is 14.5 Å². The molecule has 4 heteroatoms. The van der Waals surface area contributed by atoms with Crippen molar-refractivity contribution in [3.8, 4) is 0 Å². The Bertz CT molecular complexity index is 442. The van der Waals surface area contributed by atoms with Gasteiger partial charge in [-0.1, -0.05) is 12.8 Å². The summed E-state index contributed by atoms with van der Waals surface area (Å²) < 4.78 is 11.9. The second kappa shape index (κ2) is 6.29. The minimum Gasteiger partial charge on any atom is -0.463 e. The van der Waals surface area contributed by atoms with E-state index in [0.29, 0.717) is 12.1 Å². The fourth-order valence-electron chi connectivity index (χ4n) is 3.58. The van der Waals surface area contributed by atoms with Crippen LogP contribution in [-0.2, 0) is 17.8 Å².